The number of amides is 1. The summed E-state index contributed by atoms with van der Waals surface area (Å²) in [6.07, 6.45) is 0.995. The number of nitrogens with zero attached hydrogens (tertiary/aromatic N) is 2. The maximum absolute atomic E-state index is 13.9. The van der Waals surface area contributed by atoms with Crippen LogP contribution >= 0.6 is 0 Å². The van der Waals surface area contributed by atoms with Gasteiger partial charge < -0.3 is 29.7 Å². The van der Waals surface area contributed by atoms with Gasteiger partial charge in [0.25, 0.3) is 0 Å². The largest absolute Gasteiger partial charge is 0.467 e. The molecule has 1 amide bonds. The van der Waals surface area contributed by atoms with Crippen LogP contribution in [0.2, 0.25) is 0 Å². The number of nitrogens with one attached hydrogen (secondary N) is 2. The number of ether oxygens (including phenoxy) is 3. The number of hydrogen-bond donors (Lipinski definition) is 2. The van der Waals surface area contributed by atoms with E-state index in [4.69, 9.17) is 14.2 Å². The van der Waals surface area contributed by atoms with Gasteiger partial charge in [0, 0.05) is 32.2 Å². The van der Waals surface area contributed by atoms with E-state index < -0.39 is 11.7 Å². The Hall–Kier alpha value is -2.55. The van der Waals surface area contributed by atoms with Gasteiger partial charge in [0.1, 0.15) is 17.2 Å². The Morgan fingerprint density at radius 1 is 1.40 bits per heavy atom. The van der Waals surface area contributed by atoms with E-state index in [2.05, 4.69) is 20.5 Å². The summed E-state index contributed by atoms with van der Waals surface area (Å²) in [4.78, 5) is 18.4. The summed E-state index contributed by atoms with van der Waals surface area (Å²) in [5, 5.41) is 6.23. The maximum atomic E-state index is 13.9. The highest BCUT2D eigenvalue weighted by Gasteiger charge is 2.28. The number of rotatable bonds is 4. The molecule has 0 aromatic heterocycles. The number of carbonyl (C=O) groups is 1. The maximum Gasteiger partial charge on any atom is 0.407 e. The molecular weight excluding hydrogens is 391 g/mol. The molecule has 0 radical (unpaired) electrons. The first-order valence-corrected chi connectivity index (χ1v) is 10.2. The van der Waals surface area contributed by atoms with E-state index in [1.807, 2.05) is 20.8 Å². The van der Waals surface area contributed by atoms with Crippen molar-refractivity contribution in [3.63, 3.8) is 0 Å². The fraction of sp³-hybridized carbons (Fsp3) is 0.619. The third-order valence-corrected chi connectivity index (χ3v) is 4.85. The van der Waals surface area contributed by atoms with Gasteiger partial charge in [-0.1, -0.05) is 0 Å². The molecule has 0 bridgehead atoms. The zero-order chi connectivity index (χ0) is 21.7. The lowest BCUT2D eigenvalue weighted by molar-refractivity contribution is -0.0172. The summed E-state index contributed by atoms with van der Waals surface area (Å²) in [6.45, 7) is 8.06. The van der Waals surface area contributed by atoms with Gasteiger partial charge in [0.05, 0.1) is 12.6 Å². The molecule has 30 heavy (non-hydrogen) atoms. The molecule has 0 spiro atoms. The molecule has 0 saturated carbocycles. The Morgan fingerprint density at radius 3 is 2.93 bits per heavy atom. The van der Waals surface area contributed by atoms with Crippen molar-refractivity contribution in [1.82, 2.24) is 15.5 Å². The number of aliphatic imine (C=N–C) groups is 1. The minimum absolute atomic E-state index is 0.00189. The van der Waals surface area contributed by atoms with Crippen LogP contribution in [0.1, 0.15) is 38.3 Å². The van der Waals surface area contributed by atoms with Gasteiger partial charge in [-0.25, -0.2) is 9.18 Å². The molecule has 1 fully saturated rings. The van der Waals surface area contributed by atoms with Gasteiger partial charge in [-0.3, -0.25) is 4.99 Å². The lowest BCUT2D eigenvalue weighted by Gasteiger charge is -2.24. The highest BCUT2D eigenvalue weighted by Crippen LogP contribution is 2.29. The summed E-state index contributed by atoms with van der Waals surface area (Å²) in [7, 11) is 1.72. The Labute approximate surface area is 176 Å². The van der Waals surface area contributed by atoms with Crippen molar-refractivity contribution in [2.75, 3.05) is 33.5 Å². The number of alkyl carbamates (subject to hydrolysis) is 1. The molecule has 8 nitrogen and oxygen atoms in total. The number of fused-ring (bicyclic) bond motifs is 1. The second-order valence-corrected chi connectivity index (χ2v) is 8.47. The van der Waals surface area contributed by atoms with Crippen LogP contribution in [0.25, 0.3) is 0 Å². The van der Waals surface area contributed by atoms with Gasteiger partial charge in [-0.05, 0) is 51.3 Å². The molecule has 2 aliphatic rings. The Balaban J connectivity index is 1.50. The average Bonchev–Trinajstić information content (AvgIpc) is 3.11. The molecule has 1 aromatic rings. The van der Waals surface area contributed by atoms with Gasteiger partial charge in [-0.2, -0.15) is 0 Å². The van der Waals surface area contributed by atoms with Crippen molar-refractivity contribution in [1.29, 1.82) is 0 Å². The molecule has 3 rings (SSSR count). The predicted octanol–water partition coefficient (Wildman–Crippen LogP) is 2.41. The molecule has 0 aliphatic carbocycles. The third kappa shape index (κ3) is 5.98. The topological polar surface area (TPSA) is 84.4 Å². The fourth-order valence-corrected chi connectivity index (χ4v) is 3.63. The number of benzene rings is 1. The molecule has 2 N–H and O–H groups in total. The molecule has 1 saturated heterocycles. The molecular formula is C21H31FN4O4. The van der Waals surface area contributed by atoms with Crippen LogP contribution in [-0.4, -0.2) is 62.1 Å². The first kappa shape index (κ1) is 22.1. The number of carbonyl (C=O) groups excluding carboxylic acids is 1. The smallest absolute Gasteiger partial charge is 0.407 e. The monoisotopic (exact) mass is 422 g/mol. The average molecular weight is 423 g/mol. The lowest BCUT2D eigenvalue weighted by atomic mass is 10.1. The molecule has 9 heteroatoms. The predicted molar refractivity (Wildman–Crippen MR) is 111 cm³/mol. The standard InChI is InChI=1S/C21H31FN4O4/c1-21(2,3)30-20(27)25-17-6-8-26(11-17)19(23-4)24-7-5-14-9-16(22)10-15-12-28-13-29-18(14)15/h9-10,17H,5-8,11-13H2,1-4H3,(H,23,24)(H,25,27). The summed E-state index contributed by atoms with van der Waals surface area (Å²) in [5.41, 5.74) is 1.02. The van der Waals surface area contributed by atoms with E-state index >= 15 is 0 Å². The van der Waals surface area contributed by atoms with Crippen molar-refractivity contribution in [3.8, 4) is 5.75 Å². The number of guanidine groups is 1. The van der Waals surface area contributed by atoms with E-state index in [1.165, 1.54) is 12.1 Å². The fourth-order valence-electron chi connectivity index (χ4n) is 3.63. The lowest BCUT2D eigenvalue weighted by Crippen LogP contribution is -2.44. The van der Waals surface area contributed by atoms with Gasteiger partial charge >= 0.3 is 6.09 Å². The van der Waals surface area contributed by atoms with E-state index in [0.29, 0.717) is 31.9 Å². The SMILES string of the molecule is CN=C(NCCc1cc(F)cc2c1OCOC2)N1CCC(NC(=O)OC(C)(C)C)C1. The molecule has 2 aliphatic heterocycles. The molecule has 166 valence electrons. The zero-order valence-corrected chi connectivity index (χ0v) is 18.1. The van der Waals surface area contributed by atoms with Crippen LogP contribution in [0, 0.1) is 5.82 Å². The van der Waals surface area contributed by atoms with E-state index in [0.717, 1.165) is 30.1 Å². The highest BCUT2D eigenvalue weighted by molar-refractivity contribution is 5.80. The van der Waals surface area contributed by atoms with Crippen LogP contribution in [0.5, 0.6) is 5.75 Å². The number of likely N-dealkylation sites (tertiary alicyclic amines) is 1. The van der Waals surface area contributed by atoms with Crippen LogP contribution in [0.4, 0.5) is 9.18 Å². The summed E-state index contributed by atoms with van der Waals surface area (Å²) >= 11 is 0. The van der Waals surface area contributed by atoms with Crippen molar-refractivity contribution in [2.24, 2.45) is 4.99 Å². The second-order valence-electron chi connectivity index (χ2n) is 8.47. The van der Waals surface area contributed by atoms with Gasteiger partial charge in [0.2, 0.25) is 0 Å². The molecule has 1 atom stereocenters. The van der Waals surface area contributed by atoms with Crippen molar-refractivity contribution >= 4 is 12.1 Å². The van der Waals surface area contributed by atoms with Crippen LogP contribution < -0.4 is 15.4 Å². The van der Waals surface area contributed by atoms with Gasteiger partial charge in [-0.15, -0.1) is 0 Å². The molecule has 2 heterocycles. The Bertz CT molecular complexity index is 794. The van der Waals surface area contributed by atoms with Crippen LogP contribution in [-0.2, 0) is 22.5 Å². The minimum Gasteiger partial charge on any atom is -0.467 e. The van der Waals surface area contributed by atoms with Crippen LogP contribution in [0.15, 0.2) is 17.1 Å². The van der Waals surface area contributed by atoms with E-state index in [9.17, 15) is 9.18 Å². The summed E-state index contributed by atoms with van der Waals surface area (Å²) < 4.78 is 30.0. The summed E-state index contributed by atoms with van der Waals surface area (Å²) in [5.74, 6) is 1.16. The van der Waals surface area contributed by atoms with Crippen molar-refractivity contribution in [3.05, 3.63) is 29.1 Å². The molecule has 1 unspecified atom stereocenters. The number of halogens is 1. The minimum atomic E-state index is -0.522. The second kappa shape index (κ2) is 9.51. The van der Waals surface area contributed by atoms with Crippen LogP contribution in [0.3, 0.4) is 0 Å². The summed E-state index contributed by atoms with van der Waals surface area (Å²) in [6, 6.07) is 2.96. The zero-order valence-electron chi connectivity index (χ0n) is 18.1. The quantitative estimate of drug-likeness (QED) is 0.573. The molecule has 1 aromatic carbocycles. The van der Waals surface area contributed by atoms with E-state index in [1.54, 1.807) is 7.05 Å². The number of hydrogen-bond acceptors (Lipinski definition) is 5. The highest BCUT2D eigenvalue weighted by atomic mass is 19.1. The van der Waals surface area contributed by atoms with Crippen molar-refractivity contribution < 1.29 is 23.4 Å². The first-order chi connectivity index (χ1) is 14.2. The van der Waals surface area contributed by atoms with Crippen molar-refractivity contribution in [2.45, 2.75) is 51.9 Å². The normalized spacial score (nSPS) is 19.2. The first-order valence-electron chi connectivity index (χ1n) is 10.2. The van der Waals surface area contributed by atoms with Gasteiger partial charge in [0.15, 0.2) is 12.8 Å². The Morgan fingerprint density at radius 2 is 2.20 bits per heavy atom. The third-order valence-electron chi connectivity index (χ3n) is 4.85. The van der Waals surface area contributed by atoms with E-state index in [-0.39, 0.29) is 18.7 Å². The Kier molecular flexibility index (Phi) is 7.02.